The van der Waals surface area contributed by atoms with E-state index in [4.69, 9.17) is 9.47 Å². The number of amides is 1. The van der Waals surface area contributed by atoms with E-state index in [0.717, 1.165) is 5.56 Å². The monoisotopic (exact) mass is 307 g/mol. The van der Waals surface area contributed by atoms with Crippen LogP contribution in [0.3, 0.4) is 0 Å². The Balaban J connectivity index is 2.75. The quantitative estimate of drug-likeness (QED) is 0.898. The van der Waals surface area contributed by atoms with E-state index in [1.165, 1.54) is 5.56 Å². The van der Waals surface area contributed by atoms with E-state index < -0.39 is 11.7 Å². The molecule has 124 valence electrons. The number of rotatable bonds is 4. The molecule has 4 nitrogen and oxygen atoms in total. The molecule has 1 rings (SSSR count). The molecule has 1 unspecified atom stereocenters. The topological polar surface area (TPSA) is 47.6 Å². The number of carbonyl (C=O) groups is 1. The van der Waals surface area contributed by atoms with Gasteiger partial charge in [-0.25, -0.2) is 4.79 Å². The molecule has 0 aliphatic rings. The largest absolute Gasteiger partial charge is 0.444 e. The minimum atomic E-state index is -0.506. The van der Waals surface area contributed by atoms with Gasteiger partial charge in [0.25, 0.3) is 0 Å². The maximum atomic E-state index is 11.8. The van der Waals surface area contributed by atoms with Crippen LogP contribution in [0.2, 0.25) is 0 Å². The minimum absolute atomic E-state index is 0.215. The third-order valence-electron chi connectivity index (χ3n) is 2.78. The highest BCUT2D eigenvalue weighted by Gasteiger charge is 2.22. The van der Waals surface area contributed by atoms with Crippen LogP contribution in [0.25, 0.3) is 0 Å². The first-order chi connectivity index (χ1) is 9.96. The molecular weight excluding hydrogens is 278 g/mol. The van der Waals surface area contributed by atoms with Gasteiger partial charge in [-0.1, -0.05) is 29.8 Å². The first-order valence-electron chi connectivity index (χ1n) is 7.67. The van der Waals surface area contributed by atoms with E-state index >= 15 is 0 Å². The fourth-order valence-corrected chi connectivity index (χ4v) is 1.93. The van der Waals surface area contributed by atoms with Crippen molar-refractivity contribution < 1.29 is 14.3 Å². The summed E-state index contributed by atoms with van der Waals surface area (Å²) < 4.78 is 11.3. The van der Waals surface area contributed by atoms with Gasteiger partial charge >= 0.3 is 6.09 Å². The zero-order chi connectivity index (χ0) is 17.0. The van der Waals surface area contributed by atoms with Gasteiger partial charge in [-0.3, -0.25) is 0 Å². The maximum Gasteiger partial charge on any atom is 0.407 e. The molecular formula is C18H29NO3. The summed E-state index contributed by atoms with van der Waals surface area (Å²) in [5, 5.41) is 2.79. The Kier molecular flexibility index (Phi) is 6.00. The number of ether oxygens (including phenoxy) is 2. The van der Waals surface area contributed by atoms with Crippen molar-refractivity contribution in [2.45, 2.75) is 65.8 Å². The van der Waals surface area contributed by atoms with Crippen LogP contribution in [-0.4, -0.2) is 23.8 Å². The summed E-state index contributed by atoms with van der Waals surface area (Å²) in [6.07, 6.45) is -0.643. The smallest absolute Gasteiger partial charge is 0.407 e. The van der Waals surface area contributed by atoms with E-state index in [1.807, 2.05) is 72.7 Å². The molecule has 4 heteroatoms. The zero-order valence-corrected chi connectivity index (χ0v) is 14.8. The van der Waals surface area contributed by atoms with Crippen molar-refractivity contribution in [2.24, 2.45) is 0 Å². The lowest BCUT2D eigenvalue weighted by molar-refractivity contribution is -0.0612. The second-order valence-corrected chi connectivity index (χ2v) is 7.51. The van der Waals surface area contributed by atoms with Gasteiger partial charge in [0.2, 0.25) is 0 Å². The van der Waals surface area contributed by atoms with Crippen LogP contribution in [0.5, 0.6) is 0 Å². The summed E-state index contributed by atoms with van der Waals surface area (Å²) in [7, 11) is 0. The number of benzene rings is 1. The third-order valence-corrected chi connectivity index (χ3v) is 2.78. The standard InChI is InChI=1S/C18H29NO3/c1-13-8-10-14(11-9-13)15(21-17(2,3)4)12-19-16(20)22-18(5,6)7/h8-11,15H,12H2,1-7H3,(H,19,20). The summed E-state index contributed by atoms with van der Waals surface area (Å²) in [5.41, 5.74) is 1.43. The SMILES string of the molecule is Cc1ccc(C(CNC(=O)OC(C)(C)C)OC(C)(C)C)cc1. The predicted molar refractivity (Wildman–Crippen MR) is 89.0 cm³/mol. The van der Waals surface area contributed by atoms with Crippen LogP contribution in [0.1, 0.15) is 58.8 Å². The Morgan fingerprint density at radius 1 is 1.05 bits per heavy atom. The Hall–Kier alpha value is -1.55. The van der Waals surface area contributed by atoms with E-state index in [9.17, 15) is 4.79 Å². The van der Waals surface area contributed by atoms with Gasteiger partial charge in [-0.2, -0.15) is 0 Å². The van der Waals surface area contributed by atoms with Crippen LogP contribution < -0.4 is 5.32 Å². The van der Waals surface area contributed by atoms with Crippen molar-refractivity contribution in [2.75, 3.05) is 6.54 Å². The van der Waals surface area contributed by atoms with Gasteiger partial charge in [0, 0.05) is 0 Å². The summed E-state index contributed by atoms with van der Waals surface area (Å²) in [6.45, 7) is 13.9. The normalized spacial score (nSPS) is 13.6. The predicted octanol–water partition coefficient (Wildman–Crippen LogP) is 4.38. The van der Waals surface area contributed by atoms with E-state index in [2.05, 4.69) is 5.32 Å². The lowest BCUT2D eigenvalue weighted by atomic mass is 10.1. The van der Waals surface area contributed by atoms with Crippen LogP contribution in [-0.2, 0) is 9.47 Å². The highest BCUT2D eigenvalue weighted by atomic mass is 16.6. The molecule has 0 saturated carbocycles. The Morgan fingerprint density at radius 3 is 2.05 bits per heavy atom. The minimum Gasteiger partial charge on any atom is -0.444 e. The fraction of sp³-hybridized carbons (Fsp3) is 0.611. The average Bonchev–Trinajstić information content (AvgIpc) is 2.32. The molecule has 1 aromatic rings. The molecule has 0 aliphatic carbocycles. The summed E-state index contributed by atoms with van der Waals surface area (Å²) in [6, 6.07) is 8.15. The highest BCUT2D eigenvalue weighted by Crippen LogP contribution is 2.24. The molecule has 0 spiro atoms. The van der Waals surface area contributed by atoms with Crippen LogP contribution in [0, 0.1) is 6.92 Å². The Labute approximate surface area is 134 Å². The second-order valence-electron chi connectivity index (χ2n) is 7.51. The molecule has 0 radical (unpaired) electrons. The molecule has 0 heterocycles. The number of carbonyl (C=O) groups excluding carboxylic acids is 1. The number of nitrogens with one attached hydrogen (secondary N) is 1. The van der Waals surface area contributed by atoms with Crippen molar-refractivity contribution in [1.82, 2.24) is 5.32 Å². The average molecular weight is 307 g/mol. The second kappa shape index (κ2) is 7.14. The van der Waals surface area contributed by atoms with Crippen LogP contribution in [0.15, 0.2) is 24.3 Å². The van der Waals surface area contributed by atoms with E-state index in [1.54, 1.807) is 0 Å². The molecule has 0 fully saturated rings. The summed E-state index contributed by atoms with van der Waals surface area (Å²) in [5.74, 6) is 0. The van der Waals surface area contributed by atoms with Crippen LogP contribution >= 0.6 is 0 Å². The first kappa shape index (κ1) is 18.5. The Bertz CT molecular complexity index is 481. The zero-order valence-electron chi connectivity index (χ0n) is 14.8. The molecule has 1 N–H and O–H groups in total. The molecule has 1 atom stereocenters. The first-order valence-corrected chi connectivity index (χ1v) is 7.67. The van der Waals surface area contributed by atoms with E-state index in [-0.39, 0.29) is 11.7 Å². The van der Waals surface area contributed by atoms with Gasteiger partial charge in [0.1, 0.15) is 11.7 Å². The third kappa shape index (κ3) is 7.46. The van der Waals surface area contributed by atoms with Gasteiger partial charge in [-0.05, 0) is 54.0 Å². The summed E-state index contributed by atoms with van der Waals surface area (Å²) >= 11 is 0. The molecule has 0 bridgehead atoms. The lowest BCUT2D eigenvalue weighted by Gasteiger charge is -2.28. The van der Waals surface area contributed by atoms with Crippen molar-refractivity contribution in [1.29, 1.82) is 0 Å². The maximum absolute atomic E-state index is 11.8. The molecule has 1 amide bonds. The Morgan fingerprint density at radius 2 is 1.59 bits per heavy atom. The van der Waals surface area contributed by atoms with Gasteiger partial charge in [0.05, 0.1) is 12.1 Å². The van der Waals surface area contributed by atoms with E-state index in [0.29, 0.717) is 6.54 Å². The van der Waals surface area contributed by atoms with Gasteiger partial charge in [-0.15, -0.1) is 0 Å². The van der Waals surface area contributed by atoms with Crippen LogP contribution in [0.4, 0.5) is 4.79 Å². The lowest BCUT2D eigenvalue weighted by Crippen LogP contribution is -2.37. The molecule has 0 saturated heterocycles. The molecule has 0 aromatic heterocycles. The number of hydrogen-bond donors (Lipinski definition) is 1. The number of alkyl carbamates (subject to hydrolysis) is 1. The van der Waals surface area contributed by atoms with Crippen molar-refractivity contribution in [3.63, 3.8) is 0 Å². The number of hydrogen-bond acceptors (Lipinski definition) is 3. The molecule has 1 aromatic carbocycles. The fourth-order valence-electron chi connectivity index (χ4n) is 1.93. The molecule has 0 aliphatic heterocycles. The van der Waals surface area contributed by atoms with Gasteiger partial charge in [0.15, 0.2) is 0 Å². The van der Waals surface area contributed by atoms with Gasteiger partial charge < -0.3 is 14.8 Å². The molecule has 22 heavy (non-hydrogen) atoms. The van der Waals surface area contributed by atoms with Crippen molar-refractivity contribution in [3.8, 4) is 0 Å². The van der Waals surface area contributed by atoms with Crippen molar-refractivity contribution in [3.05, 3.63) is 35.4 Å². The van der Waals surface area contributed by atoms with Crippen molar-refractivity contribution >= 4 is 6.09 Å². The number of aryl methyl sites for hydroxylation is 1. The summed E-state index contributed by atoms with van der Waals surface area (Å²) in [4.78, 5) is 11.8. The highest BCUT2D eigenvalue weighted by molar-refractivity contribution is 5.67.